The van der Waals surface area contributed by atoms with E-state index < -0.39 is 5.60 Å². The summed E-state index contributed by atoms with van der Waals surface area (Å²) in [5, 5.41) is 17.4. The summed E-state index contributed by atoms with van der Waals surface area (Å²) in [5.74, 6) is 1.60. The van der Waals surface area contributed by atoms with Gasteiger partial charge in [-0.05, 0) is 51.6 Å². The molecule has 0 atom stereocenters. The maximum atomic E-state index is 10.8. The second-order valence-corrected chi connectivity index (χ2v) is 7.57. The molecule has 0 radical (unpaired) electrons. The van der Waals surface area contributed by atoms with Crippen molar-refractivity contribution in [2.24, 2.45) is 4.99 Å². The van der Waals surface area contributed by atoms with Crippen molar-refractivity contribution < 1.29 is 9.84 Å². The van der Waals surface area contributed by atoms with Crippen molar-refractivity contribution in [2.45, 2.75) is 58.6 Å². The van der Waals surface area contributed by atoms with Crippen LogP contribution in [0.4, 0.5) is 0 Å². The zero-order chi connectivity index (χ0) is 20.8. The van der Waals surface area contributed by atoms with Crippen LogP contribution in [-0.4, -0.2) is 61.9 Å². The summed E-state index contributed by atoms with van der Waals surface area (Å²) in [5.41, 5.74) is 0.414. The minimum atomic E-state index is -0.681. The Labute approximate surface area is 194 Å². The minimum absolute atomic E-state index is 0. The van der Waals surface area contributed by atoms with Gasteiger partial charge in [0, 0.05) is 19.6 Å². The summed E-state index contributed by atoms with van der Waals surface area (Å²) < 4.78 is 5.80. The van der Waals surface area contributed by atoms with Crippen LogP contribution in [0.3, 0.4) is 0 Å². The highest BCUT2D eigenvalue weighted by Crippen LogP contribution is 2.18. The number of likely N-dealkylation sites (N-methyl/N-ethyl adjacent to an activating group) is 1. The van der Waals surface area contributed by atoms with E-state index in [9.17, 15) is 5.11 Å². The van der Waals surface area contributed by atoms with Crippen molar-refractivity contribution in [1.29, 1.82) is 0 Å². The predicted octanol–water partition coefficient (Wildman–Crippen LogP) is 3.63. The first-order valence-corrected chi connectivity index (χ1v) is 10.5. The Hall–Kier alpha value is -1.06. The van der Waals surface area contributed by atoms with Gasteiger partial charge in [0.25, 0.3) is 0 Å². The predicted molar refractivity (Wildman–Crippen MR) is 133 cm³/mol. The molecule has 1 rings (SSSR count). The Morgan fingerprint density at radius 3 is 2.41 bits per heavy atom. The van der Waals surface area contributed by atoms with Gasteiger partial charge in [-0.2, -0.15) is 0 Å². The molecule has 0 amide bonds. The molecule has 29 heavy (non-hydrogen) atoms. The van der Waals surface area contributed by atoms with Crippen LogP contribution in [0.15, 0.2) is 29.3 Å². The minimum Gasteiger partial charge on any atom is -0.492 e. The fourth-order valence-corrected chi connectivity index (χ4v) is 3.07. The van der Waals surface area contributed by atoms with Gasteiger partial charge in [0.2, 0.25) is 0 Å². The number of aliphatic hydroxyl groups is 1. The molecule has 7 heteroatoms. The summed E-state index contributed by atoms with van der Waals surface area (Å²) in [6.45, 7) is 9.64. The molecule has 0 saturated carbocycles. The Balaban J connectivity index is 0.00000784. The quantitative estimate of drug-likeness (QED) is 0.211. The number of guanidine groups is 1. The first kappa shape index (κ1) is 27.9. The number of benzene rings is 1. The van der Waals surface area contributed by atoms with Gasteiger partial charge in [-0.15, -0.1) is 24.0 Å². The molecule has 0 aliphatic heterocycles. The van der Waals surface area contributed by atoms with Gasteiger partial charge in [0.15, 0.2) is 5.96 Å². The van der Waals surface area contributed by atoms with Crippen molar-refractivity contribution in [3.8, 4) is 5.75 Å². The standard InChI is InChI=1S/C22H40N4O2.HI/c1-6-12-22(27,13-7-2)18-25-21(23-8-3)24-17-19-10-9-11-20(16-19)28-15-14-26(4)5;/h9-11,16,27H,6-8,12-15,17-18H2,1-5H3,(H2,23,24,25);1H. The Bertz CT molecular complexity index is 576. The van der Waals surface area contributed by atoms with Gasteiger partial charge < -0.3 is 25.4 Å². The number of hydrogen-bond donors (Lipinski definition) is 3. The van der Waals surface area contributed by atoms with Crippen molar-refractivity contribution in [3.63, 3.8) is 0 Å². The van der Waals surface area contributed by atoms with E-state index in [0.717, 1.165) is 56.0 Å². The normalized spacial score (nSPS) is 11.9. The lowest BCUT2D eigenvalue weighted by Gasteiger charge is -2.28. The second kappa shape index (κ2) is 15.7. The fraction of sp³-hybridized carbons (Fsp3) is 0.682. The maximum Gasteiger partial charge on any atom is 0.191 e. The van der Waals surface area contributed by atoms with Crippen molar-refractivity contribution >= 4 is 29.9 Å². The lowest BCUT2D eigenvalue weighted by molar-refractivity contribution is 0.0257. The highest BCUT2D eigenvalue weighted by molar-refractivity contribution is 14.0. The molecule has 1 aromatic carbocycles. The molecule has 0 saturated heterocycles. The first-order valence-electron chi connectivity index (χ1n) is 10.5. The van der Waals surface area contributed by atoms with Crippen LogP contribution in [0, 0.1) is 0 Å². The van der Waals surface area contributed by atoms with E-state index in [-0.39, 0.29) is 24.0 Å². The summed E-state index contributed by atoms with van der Waals surface area (Å²) in [4.78, 5) is 6.77. The van der Waals surface area contributed by atoms with Crippen molar-refractivity contribution in [1.82, 2.24) is 15.5 Å². The van der Waals surface area contributed by atoms with Crippen molar-refractivity contribution in [3.05, 3.63) is 29.8 Å². The number of nitrogens with one attached hydrogen (secondary N) is 2. The molecule has 0 aliphatic carbocycles. The molecule has 0 bridgehead atoms. The van der Waals surface area contributed by atoms with E-state index in [0.29, 0.717) is 19.7 Å². The van der Waals surface area contributed by atoms with Crippen LogP contribution in [0.2, 0.25) is 0 Å². The lowest BCUT2D eigenvalue weighted by Crippen LogP contribution is -2.47. The highest BCUT2D eigenvalue weighted by atomic mass is 127. The molecule has 0 aliphatic rings. The largest absolute Gasteiger partial charge is 0.492 e. The van der Waals surface area contributed by atoms with Crippen molar-refractivity contribution in [2.75, 3.05) is 40.3 Å². The first-order chi connectivity index (χ1) is 13.4. The van der Waals surface area contributed by atoms with Gasteiger partial charge in [0.1, 0.15) is 12.4 Å². The summed E-state index contributed by atoms with van der Waals surface area (Å²) in [6, 6.07) is 8.06. The summed E-state index contributed by atoms with van der Waals surface area (Å²) >= 11 is 0. The van der Waals surface area contributed by atoms with Crippen LogP contribution in [-0.2, 0) is 6.54 Å². The molecule has 168 valence electrons. The third-order valence-electron chi connectivity index (χ3n) is 4.49. The third kappa shape index (κ3) is 12.3. The smallest absolute Gasteiger partial charge is 0.191 e. The molecule has 0 fully saturated rings. The zero-order valence-electron chi connectivity index (χ0n) is 18.8. The monoisotopic (exact) mass is 520 g/mol. The van der Waals surface area contributed by atoms with Crippen LogP contribution in [0.1, 0.15) is 52.0 Å². The lowest BCUT2D eigenvalue weighted by atomic mass is 9.93. The molecule has 1 aromatic rings. The molecular weight excluding hydrogens is 479 g/mol. The van der Waals surface area contributed by atoms with E-state index in [1.807, 2.05) is 39.2 Å². The highest BCUT2D eigenvalue weighted by Gasteiger charge is 2.24. The fourth-order valence-electron chi connectivity index (χ4n) is 3.07. The molecule has 0 aromatic heterocycles. The van der Waals surface area contributed by atoms with E-state index in [1.165, 1.54) is 0 Å². The van der Waals surface area contributed by atoms with Gasteiger partial charge in [0.05, 0.1) is 12.1 Å². The average molecular weight is 521 g/mol. The van der Waals surface area contributed by atoms with Gasteiger partial charge in [-0.3, -0.25) is 0 Å². The number of rotatable bonds is 13. The SMILES string of the molecule is CCCC(O)(CCC)CNC(=NCc1cccc(OCCN(C)C)c1)NCC.I. The molecular formula is C22H41IN4O2. The Morgan fingerprint density at radius 2 is 1.83 bits per heavy atom. The molecule has 0 heterocycles. The van der Waals surface area contributed by atoms with E-state index in [2.05, 4.69) is 40.4 Å². The summed E-state index contributed by atoms with van der Waals surface area (Å²) in [6.07, 6.45) is 3.51. The topological polar surface area (TPSA) is 69.1 Å². The molecule has 6 nitrogen and oxygen atoms in total. The number of aliphatic imine (C=N–C) groups is 1. The van der Waals surface area contributed by atoms with Crippen LogP contribution < -0.4 is 15.4 Å². The van der Waals surface area contributed by atoms with Crippen LogP contribution in [0.25, 0.3) is 0 Å². The average Bonchev–Trinajstić information content (AvgIpc) is 2.64. The Morgan fingerprint density at radius 1 is 1.14 bits per heavy atom. The van der Waals surface area contributed by atoms with Gasteiger partial charge in [-0.1, -0.05) is 38.8 Å². The third-order valence-corrected chi connectivity index (χ3v) is 4.49. The molecule has 3 N–H and O–H groups in total. The van der Waals surface area contributed by atoms with Gasteiger partial charge >= 0.3 is 0 Å². The maximum absolute atomic E-state index is 10.8. The van der Waals surface area contributed by atoms with Crippen LogP contribution in [0.5, 0.6) is 5.75 Å². The number of ether oxygens (including phenoxy) is 1. The second-order valence-electron chi connectivity index (χ2n) is 7.57. The Kier molecular flexibility index (Phi) is 15.2. The number of nitrogens with zero attached hydrogens (tertiary/aromatic N) is 2. The van der Waals surface area contributed by atoms with E-state index in [1.54, 1.807) is 0 Å². The van der Waals surface area contributed by atoms with Crippen LogP contribution >= 0.6 is 24.0 Å². The molecule has 0 spiro atoms. The number of halogens is 1. The van der Waals surface area contributed by atoms with E-state index >= 15 is 0 Å². The number of hydrogen-bond acceptors (Lipinski definition) is 4. The molecule has 0 unspecified atom stereocenters. The summed E-state index contributed by atoms with van der Waals surface area (Å²) in [7, 11) is 4.07. The van der Waals surface area contributed by atoms with E-state index in [4.69, 9.17) is 4.74 Å². The van der Waals surface area contributed by atoms with Gasteiger partial charge in [-0.25, -0.2) is 4.99 Å². The zero-order valence-corrected chi connectivity index (χ0v) is 21.2.